The molecule has 0 amide bonds. The molecule has 0 unspecified atom stereocenters. The van der Waals surface area contributed by atoms with E-state index in [2.05, 4.69) is 104 Å². The molecule has 0 nitrogen and oxygen atoms in total. The molecule has 0 fully saturated rings. The summed E-state index contributed by atoms with van der Waals surface area (Å²) in [6, 6.07) is 21.3. The van der Waals surface area contributed by atoms with E-state index >= 15 is 0 Å². The van der Waals surface area contributed by atoms with Crippen LogP contribution in [0.2, 0.25) is 3.54 Å². The molecule has 144 valence electrons. The van der Waals surface area contributed by atoms with Crippen LogP contribution in [0.5, 0.6) is 0 Å². The zero-order valence-electron chi connectivity index (χ0n) is 17.2. The number of halogens is 1. The standard InChI is InChI=1S/C16H17.2C5H5.ClH.Mg.Zr/c1-14(12-15-8-4-2-5-9-15)13-16-10-6-3-7-11-16;2*1-2-4-5-3-1;;;/h2-11H,12-13H2,1H3;2*1-3H,4H2;1H;;/q;;;;+1;/p-1. The van der Waals surface area contributed by atoms with Crippen LogP contribution in [-0.2, 0) is 36.1 Å². The van der Waals surface area contributed by atoms with Crippen LogP contribution in [0.3, 0.4) is 0 Å². The largest absolute Gasteiger partial charge is 0.507 e. The Morgan fingerprint density at radius 2 is 1.24 bits per heavy atom. The van der Waals surface area contributed by atoms with Gasteiger partial charge in [-0.25, -0.2) is 0 Å². The van der Waals surface area contributed by atoms with Gasteiger partial charge in [-0.2, -0.15) is 0 Å². The van der Waals surface area contributed by atoms with Crippen LogP contribution in [0.1, 0.15) is 30.9 Å². The molecule has 0 aliphatic heterocycles. The fourth-order valence-corrected chi connectivity index (χ4v) is 7.93. The normalized spacial score (nSPS) is 14.6. The maximum absolute atomic E-state index is 6.35. The van der Waals surface area contributed by atoms with E-state index < -0.39 is 19.3 Å². The number of hydrogen-bond donors (Lipinski definition) is 0. The van der Waals surface area contributed by atoms with Gasteiger partial charge in [0.2, 0.25) is 0 Å². The van der Waals surface area contributed by atoms with Gasteiger partial charge < -0.3 is 9.07 Å². The van der Waals surface area contributed by atoms with E-state index in [9.17, 15) is 0 Å². The third-order valence-electron chi connectivity index (χ3n) is 5.13. The van der Waals surface area contributed by atoms with Gasteiger partial charge in [-0.1, -0.05) is 71.1 Å². The zero-order valence-corrected chi connectivity index (χ0v) is 21.8. The molecule has 4 rings (SSSR count). The van der Waals surface area contributed by atoms with Gasteiger partial charge in [0.25, 0.3) is 0 Å². The summed E-state index contributed by atoms with van der Waals surface area (Å²) in [5, 5.41) is 0. The number of allylic oxidation sites excluding steroid dienone is 8. The molecule has 0 saturated carbocycles. The van der Waals surface area contributed by atoms with Gasteiger partial charge in [-0.05, 0) is 24.0 Å². The second-order valence-electron chi connectivity index (χ2n) is 8.04. The molecular formula is C26H27ClMgZr. The average Bonchev–Trinajstić information content (AvgIpc) is 3.45. The third kappa shape index (κ3) is 8.17. The number of hydrogen-bond acceptors (Lipinski definition) is 0. The van der Waals surface area contributed by atoms with Gasteiger partial charge in [0, 0.05) is 0 Å². The Labute approximate surface area is 200 Å². The molecule has 0 bridgehead atoms. The first-order chi connectivity index (χ1) is 14.2. The van der Waals surface area contributed by atoms with Crippen molar-refractivity contribution in [2.75, 3.05) is 0 Å². The van der Waals surface area contributed by atoms with Gasteiger partial charge >= 0.3 is 98.4 Å². The third-order valence-corrected chi connectivity index (χ3v) is 11.6. The summed E-state index contributed by atoms with van der Waals surface area (Å²) >= 11 is -0.896. The minimum Gasteiger partial charge on any atom is -0.345 e. The molecule has 0 aromatic heterocycles. The molecule has 29 heavy (non-hydrogen) atoms. The molecule has 2 aliphatic carbocycles. The molecule has 0 spiro atoms. The second kappa shape index (κ2) is 12.3. The Morgan fingerprint density at radius 3 is 1.59 bits per heavy atom. The first-order valence-corrected chi connectivity index (χ1v) is 15.6. The van der Waals surface area contributed by atoms with Crippen molar-refractivity contribution in [1.29, 1.82) is 0 Å². The minimum atomic E-state index is -0.584. The van der Waals surface area contributed by atoms with Crippen molar-refractivity contribution in [3.8, 4) is 0 Å². The minimum absolute atomic E-state index is 0.254. The first-order valence-electron chi connectivity index (χ1n) is 10.3. The first kappa shape index (κ1) is 23.0. The second-order valence-corrected chi connectivity index (χ2v) is 14.6. The van der Waals surface area contributed by atoms with Crippen LogP contribution in [-0.4, -0.2) is 19.3 Å². The van der Waals surface area contributed by atoms with Crippen molar-refractivity contribution in [3.63, 3.8) is 0 Å². The summed E-state index contributed by atoms with van der Waals surface area (Å²) in [7, 11) is 6.35. The summed E-state index contributed by atoms with van der Waals surface area (Å²) in [5.41, 5.74) is 2.79. The van der Waals surface area contributed by atoms with E-state index in [1.807, 2.05) is 0 Å². The average molecular weight is 490 g/mol. The molecule has 2 aliphatic rings. The maximum Gasteiger partial charge on any atom is 0.507 e. The van der Waals surface area contributed by atoms with Crippen LogP contribution in [0.15, 0.2) is 104 Å². The van der Waals surface area contributed by atoms with Crippen molar-refractivity contribution >= 4 is 28.3 Å². The Morgan fingerprint density at radius 1 is 0.793 bits per heavy atom. The van der Waals surface area contributed by atoms with Crippen molar-refractivity contribution in [3.05, 3.63) is 115 Å². The van der Waals surface area contributed by atoms with Crippen molar-refractivity contribution in [1.82, 2.24) is 0 Å². The van der Waals surface area contributed by atoms with Crippen molar-refractivity contribution < 1.29 is 23.2 Å². The predicted octanol–water partition coefficient (Wildman–Crippen LogP) is 7.26. The molecule has 3 heteroatoms. The van der Waals surface area contributed by atoms with E-state index in [4.69, 9.17) is 9.07 Å². The quantitative estimate of drug-likeness (QED) is 0.358. The van der Waals surface area contributed by atoms with E-state index in [1.165, 1.54) is 24.0 Å². The number of benzene rings is 2. The van der Waals surface area contributed by atoms with E-state index in [0.717, 1.165) is 12.8 Å². The number of rotatable bonds is 7. The van der Waals surface area contributed by atoms with E-state index in [0.29, 0.717) is 0 Å². The topological polar surface area (TPSA) is 0 Å². The Hall–Kier alpha value is -0.661. The summed E-state index contributed by atoms with van der Waals surface area (Å²) in [6.07, 6.45) is 18.2. The van der Waals surface area contributed by atoms with Gasteiger partial charge in [-0.15, -0.1) is 0 Å². The van der Waals surface area contributed by atoms with Crippen LogP contribution < -0.4 is 0 Å². The van der Waals surface area contributed by atoms with Gasteiger partial charge in [0.05, 0.1) is 0 Å². The van der Waals surface area contributed by atoms with Crippen molar-refractivity contribution in [2.24, 2.45) is 0 Å². The molecule has 0 radical (unpaired) electrons. The molecular weight excluding hydrogens is 463 g/mol. The summed E-state index contributed by atoms with van der Waals surface area (Å²) in [5.74, 6) is 0. The smallest absolute Gasteiger partial charge is 0.345 e. The molecule has 0 heterocycles. The molecule has 2 aromatic rings. The van der Waals surface area contributed by atoms with Crippen molar-refractivity contribution in [2.45, 2.75) is 36.2 Å². The van der Waals surface area contributed by atoms with Gasteiger partial charge in [-0.3, -0.25) is 0 Å². The van der Waals surface area contributed by atoms with Crippen LogP contribution in [0, 0.1) is 0 Å². The van der Waals surface area contributed by atoms with Gasteiger partial charge in [0.15, 0.2) is 0 Å². The maximum atomic E-state index is 6.35. The van der Waals surface area contributed by atoms with Crippen LogP contribution >= 0.6 is 9.07 Å². The monoisotopic (exact) mass is 488 g/mol. The summed E-state index contributed by atoms with van der Waals surface area (Å²) in [6.45, 7) is 2.33. The molecule has 0 saturated heterocycles. The Kier molecular flexibility index (Phi) is 9.73. The van der Waals surface area contributed by atoms with Gasteiger partial charge in [0.1, 0.15) is 0 Å². The SMILES string of the molecule is C1=CC[C]([Zr][C]2=CC=CC2)=C1.C[C](Cc1ccccc1)(Cc1ccccc1)[Mg][Cl]. The zero-order chi connectivity index (χ0) is 20.4. The fourth-order valence-electron chi connectivity index (χ4n) is 3.62. The molecule has 0 atom stereocenters. The summed E-state index contributed by atoms with van der Waals surface area (Å²) in [4.78, 5) is 0. The van der Waals surface area contributed by atoms with Crippen LogP contribution in [0.25, 0.3) is 0 Å². The fraction of sp³-hybridized carbons (Fsp3) is 0.231. The summed E-state index contributed by atoms with van der Waals surface area (Å²) < 4.78 is 3.71. The predicted molar refractivity (Wildman–Crippen MR) is 124 cm³/mol. The Bertz CT molecular complexity index is 812. The molecule has 0 N–H and O–H groups in total. The Balaban J connectivity index is 0.000000186. The van der Waals surface area contributed by atoms with Crippen LogP contribution in [0.4, 0.5) is 0 Å². The molecule has 2 aromatic carbocycles. The van der Waals surface area contributed by atoms with E-state index in [1.54, 1.807) is 6.56 Å². The van der Waals surface area contributed by atoms with E-state index in [-0.39, 0.29) is 26.8 Å².